The van der Waals surface area contributed by atoms with Crippen molar-refractivity contribution in [3.05, 3.63) is 0 Å². The van der Waals surface area contributed by atoms with Crippen LogP contribution in [0, 0.1) is 0 Å². The predicted molar refractivity (Wildman–Crippen MR) is 54.9 cm³/mol. The molecule has 13 heavy (non-hydrogen) atoms. The average Bonchev–Trinajstić information content (AvgIpc) is 2.35. The van der Waals surface area contributed by atoms with Gasteiger partial charge in [-0.15, -0.1) is 0 Å². The minimum atomic E-state index is 0.475. The average molecular weight is 186 g/mol. The second-order valence-corrected chi connectivity index (χ2v) is 3.23. The van der Waals surface area contributed by atoms with Crippen molar-refractivity contribution in [2.24, 2.45) is 0 Å². The smallest absolute Gasteiger partial charge is 0.132 e. The molecule has 0 heterocycles. The van der Waals surface area contributed by atoms with E-state index in [1.54, 1.807) is 0 Å². The van der Waals surface area contributed by atoms with E-state index in [1.165, 1.54) is 12.8 Å². The molecule has 0 aromatic heterocycles. The fourth-order valence-electron chi connectivity index (χ4n) is 1.33. The molecule has 0 amide bonds. The zero-order chi connectivity index (χ0) is 9.94. The molecule has 0 saturated heterocycles. The molecule has 1 rings (SSSR count). The molecule has 0 N–H and O–H groups in total. The number of ether oxygens (including phenoxy) is 1. The first-order valence-electron chi connectivity index (χ1n) is 5.40. The van der Waals surface area contributed by atoms with Gasteiger partial charge in [0.05, 0.1) is 0 Å². The van der Waals surface area contributed by atoms with Crippen LogP contribution < -0.4 is 0 Å². The number of ketones is 1. The van der Waals surface area contributed by atoms with Gasteiger partial charge in [-0.1, -0.05) is 12.8 Å². The molecule has 0 unspecified atom stereocenters. The second-order valence-electron chi connectivity index (χ2n) is 3.23. The maximum Gasteiger partial charge on any atom is 0.132 e. The van der Waals surface area contributed by atoms with Gasteiger partial charge in [-0.2, -0.15) is 0 Å². The Morgan fingerprint density at radius 2 is 1.46 bits per heavy atom. The molecule has 0 bridgehead atoms. The Bertz CT molecular complexity index is 109. The van der Waals surface area contributed by atoms with Crippen LogP contribution in [0.2, 0.25) is 0 Å². The lowest BCUT2D eigenvalue weighted by atomic mass is 10.2. The van der Waals surface area contributed by atoms with Crippen LogP contribution in [0.15, 0.2) is 0 Å². The largest absolute Gasteiger partial charge is 0.382 e. The summed E-state index contributed by atoms with van der Waals surface area (Å²) in [7, 11) is 0. The Morgan fingerprint density at radius 1 is 1.00 bits per heavy atom. The third-order valence-corrected chi connectivity index (χ3v) is 2.07. The Kier molecular flexibility index (Phi) is 9.44. The summed E-state index contributed by atoms with van der Waals surface area (Å²) in [5.74, 6) is 0.475. The molecule has 0 aromatic carbocycles. The highest BCUT2D eigenvalue weighted by atomic mass is 16.5. The number of carbonyl (C=O) groups is 1. The van der Waals surface area contributed by atoms with E-state index in [-0.39, 0.29) is 0 Å². The van der Waals surface area contributed by atoms with Gasteiger partial charge in [-0.05, 0) is 26.7 Å². The minimum Gasteiger partial charge on any atom is -0.382 e. The Hall–Kier alpha value is -0.370. The molecule has 0 spiro atoms. The van der Waals surface area contributed by atoms with E-state index in [0.717, 1.165) is 38.9 Å². The summed E-state index contributed by atoms with van der Waals surface area (Å²) < 4.78 is 4.83. The highest BCUT2D eigenvalue weighted by Crippen LogP contribution is 2.12. The fraction of sp³-hybridized carbons (Fsp3) is 0.909. The third kappa shape index (κ3) is 9.54. The monoisotopic (exact) mass is 186 g/mol. The highest BCUT2D eigenvalue weighted by Gasteiger charge is 2.04. The van der Waals surface area contributed by atoms with Crippen molar-refractivity contribution in [3.63, 3.8) is 0 Å². The first kappa shape index (κ1) is 12.6. The third-order valence-electron chi connectivity index (χ3n) is 2.07. The van der Waals surface area contributed by atoms with Gasteiger partial charge in [0.25, 0.3) is 0 Å². The molecule has 1 saturated carbocycles. The van der Waals surface area contributed by atoms with E-state index >= 15 is 0 Å². The van der Waals surface area contributed by atoms with Crippen molar-refractivity contribution in [2.75, 3.05) is 13.2 Å². The summed E-state index contributed by atoms with van der Waals surface area (Å²) in [4.78, 5) is 10.7. The van der Waals surface area contributed by atoms with Crippen LogP contribution in [0.3, 0.4) is 0 Å². The summed E-state index contributed by atoms with van der Waals surface area (Å²) in [6.45, 7) is 5.67. The zero-order valence-corrected chi connectivity index (χ0v) is 8.97. The Labute approximate surface area is 81.7 Å². The molecule has 2 nitrogen and oxygen atoms in total. The molecule has 2 heteroatoms. The van der Waals surface area contributed by atoms with E-state index < -0.39 is 0 Å². The first-order valence-corrected chi connectivity index (χ1v) is 5.40. The van der Waals surface area contributed by atoms with Gasteiger partial charge in [0.1, 0.15) is 5.78 Å². The lowest BCUT2D eigenvalue weighted by Gasteiger charge is -1.87. The minimum absolute atomic E-state index is 0.475. The van der Waals surface area contributed by atoms with Crippen molar-refractivity contribution >= 4 is 5.78 Å². The molecule has 0 atom stereocenters. The first-order chi connectivity index (χ1) is 6.31. The molecule has 78 valence electrons. The molecule has 1 fully saturated rings. The second kappa shape index (κ2) is 9.72. The number of Topliss-reactive ketones (excluding diaryl/α,β-unsaturated/α-hetero) is 1. The Morgan fingerprint density at radius 3 is 1.77 bits per heavy atom. The van der Waals surface area contributed by atoms with Crippen LogP contribution in [0.25, 0.3) is 0 Å². The van der Waals surface area contributed by atoms with Gasteiger partial charge < -0.3 is 4.74 Å². The van der Waals surface area contributed by atoms with Crippen LogP contribution >= 0.6 is 0 Å². The van der Waals surface area contributed by atoms with Crippen LogP contribution in [-0.2, 0) is 9.53 Å². The standard InChI is InChI=1S/C7H12O.C4H10O/c8-7-5-3-1-2-4-6-7;1-3-5-4-2/h1-6H2;3-4H2,1-2H3. The van der Waals surface area contributed by atoms with Crippen LogP contribution in [0.5, 0.6) is 0 Å². The maximum absolute atomic E-state index is 10.7. The predicted octanol–water partition coefficient (Wildman–Crippen LogP) is 2.95. The summed E-state index contributed by atoms with van der Waals surface area (Å²) in [6.07, 6.45) is 6.51. The molecule has 0 aromatic rings. The quantitative estimate of drug-likeness (QED) is 0.620. The molecule has 0 radical (unpaired) electrons. The van der Waals surface area contributed by atoms with Gasteiger partial charge in [0, 0.05) is 26.1 Å². The zero-order valence-electron chi connectivity index (χ0n) is 8.97. The normalized spacial score (nSPS) is 17.2. The summed E-state index contributed by atoms with van der Waals surface area (Å²) in [6, 6.07) is 0. The van der Waals surface area contributed by atoms with Crippen molar-refractivity contribution in [1.82, 2.24) is 0 Å². The van der Waals surface area contributed by atoms with Crippen LogP contribution in [-0.4, -0.2) is 19.0 Å². The van der Waals surface area contributed by atoms with Crippen molar-refractivity contribution in [3.8, 4) is 0 Å². The fourth-order valence-corrected chi connectivity index (χ4v) is 1.33. The van der Waals surface area contributed by atoms with E-state index in [1.807, 2.05) is 13.8 Å². The van der Waals surface area contributed by atoms with Crippen LogP contribution in [0.4, 0.5) is 0 Å². The van der Waals surface area contributed by atoms with Gasteiger partial charge in [0.2, 0.25) is 0 Å². The summed E-state index contributed by atoms with van der Waals surface area (Å²) >= 11 is 0. The van der Waals surface area contributed by atoms with Crippen molar-refractivity contribution in [1.29, 1.82) is 0 Å². The molecule has 0 aliphatic heterocycles. The van der Waals surface area contributed by atoms with Gasteiger partial charge in [0.15, 0.2) is 0 Å². The molecular weight excluding hydrogens is 164 g/mol. The van der Waals surface area contributed by atoms with Gasteiger partial charge in [-0.3, -0.25) is 4.79 Å². The molecule has 1 aliphatic carbocycles. The van der Waals surface area contributed by atoms with E-state index in [9.17, 15) is 4.79 Å². The lowest BCUT2D eigenvalue weighted by Crippen LogP contribution is -1.91. The van der Waals surface area contributed by atoms with E-state index in [2.05, 4.69) is 0 Å². The summed E-state index contributed by atoms with van der Waals surface area (Å²) in [5, 5.41) is 0. The van der Waals surface area contributed by atoms with Crippen molar-refractivity contribution in [2.45, 2.75) is 52.4 Å². The van der Waals surface area contributed by atoms with E-state index in [0.29, 0.717) is 5.78 Å². The number of hydrogen-bond donors (Lipinski definition) is 0. The Balaban J connectivity index is 0.000000252. The number of carbonyl (C=O) groups excluding carboxylic acids is 1. The van der Waals surface area contributed by atoms with Crippen molar-refractivity contribution < 1.29 is 9.53 Å². The summed E-state index contributed by atoms with van der Waals surface area (Å²) in [5.41, 5.74) is 0. The molecule has 1 aliphatic rings. The van der Waals surface area contributed by atoms with Crippen LogP contribution in [0.1, 0.15) is 52.4 Å². The highest BCUT2D eigenvalue weighted by molar-refractivity contribution is 5.78. The SMILES string of the molecule is CCOCC.O=C1CCCCCC1. The maximum atomic E-state index is 10.7. The number of rotatable bonds is 2. The number of hydrogen-bond acceptors (Lipinski definition) is 2. The lowest BCUT2D eigenvalue weighted by molar-refractivity contribution is -0.118. The molecular formula is C11H22O2. The topological polar surface area (TPSA) is 26.3 Å². The van der Waals surface area contributed by atoms with Gasteiger partial charge >= 0.3 is 0 Å². The van der Waals surface area contributed by atoms with E-state index in [4.69, 9.17) is 4.74 Å². The van der Waals surface area contributed by atoms with Gasteiger partial charge in [-0.25, -0.2) is 0 Å².